The first kappa shape index (κ1) is 7.55. The molecule has 1 aromatic carbocycles. The highest BCUT2D eigenvalue weighted by atomic mass is 35.5. The van der Waals surface area contributed by atoms with Crippen LogP contribution in [0.5, 0.6) is 0 Å². The second-order valence-corrected chi connectivity index (χ2v) is 2.79. The minimum atomic E-state index is -0.249. The number of hydrogen-bond acceptors (Lipinski definition) is 0. The van der Waals surface area contributed by atoms with Crippen molar-refractivity contribution in [2.45, 2.75) is 12.3 Å². The molecule has 0 spiro atoms. The maximum atomic E-state index is 12.8. The molecule has 0 aliphatic heterocycles. The summed E-state index contributed by atoms with van der Waals surface area (Å²) in [5.41, 5.74) is 0.559. The lowest BCUT2D eigenvalue weighted by Gasteiger charge is -2.02. The molecule has 0 unspecified atom stereocenters. The van der Waals surface area contributed by atoms with Gasteiger partial charge >= 0.3 is 0 Å². The van der Waals surface area contributed by atoms with Crippen LogP contribution in [0.25, 0.3) is 0 Å². The zero-order valence-corrected chi connectivity index (χ0v) is 6.40. The molecule has 0 N–H and O–H groups in total. The molecular weight excluding hydrogens is 151 g/mol. The maximum absolute atomic E-state index is 12.8. The van der Waals surface area contributed by atoms with Crippen molar-refractivity contribution in [1.82, 2.24) is 0 Å². The van der Waals surface area contributed by atoms with Crippen molar-refractivity contribution in [3.05, 3.63) is 35.6 Å². The molecule has 2 heteroatoms. The molecule has 0 aromatic heterocycles. The third-order valence-electron chi connectivity index (χ3n) is 1.33. The second kappa shape index (κ2) is 3.02. The average molecular weight is 159 g/mol. The van der Waals surface area contributed by atoms with Crippen LogP contribution in [0.2, 0.25) is 0 Å². The minimum Gasteiger partial charge on any atom is -0.207 e. The van der Waals surface area contributed by atoms with E-state index >= 15 is 0 Å². The van der Waals surface area contributed by atoms with Crippen LogP contribution in [-0.4, -0.2) is 0 Å². The molecule has 0 aliphatic carbocycles. The Kier molecular flexibility index (Phi) is 2.28. The summed E-state index contributed by atoms with van der Waals surface area (Å²) in [6.07, 6.45) is 0. The van der Waals surface area contributed by atoms with E-state index in [0.29, 0.717) is 5.56 Å². The predicted octanol–water partition coefficient (Wildman–Crippen LogP) is 3.13. The fourth-order valence-electron chi connectivity index (χ4n) is 0.798. The number of benzene rings is 1. The number of alkyl halides is 1. The Bertz CT molecular complexity index is 220. The van der Waals surface area contributed by atoms with Gasteiger partial charge in [-0.05, 0) is 13.0 Å². The monoisotopic (exact) mass is 158 g/mol. The zero-order valence-electron chi connectivity index (χ0n) is 5.64. The van der Waals surface area contributed by atoms with Crippen LogP contribution in [-0.2, 0) is 0 Å². The Labute approximate surface area is 64.6 Å². The van der Waals surface area contributed by atoms with Crippen LogP contribution in [0.15, 0.2) is 24.3 Å². The van der Waals surface area contributed by atoms with Gasteiger partial charge in [0.25, 0.3) is 0 Å². The van der Waals surface area contributed by atoms with E-state index in [-0.39, 0.29) is 11.2 Å². The molecule has 10 heavy (non-hydrogen) atoms. The van der Waals surface area contributed by atoms with E-state index in [1.54, 1.807) is 25.1 Å². The number of rotatable bonds is 1. The molecule has 54 valence electrons. The highest BCUT2D eigenvalue weighted by Gasteiger charge is 2.04. The van der Waals surface area contributed by atoms with Crippen LogP contribution >= 0.6 is 11.6 Å². The van der Waals surface area contributed by atoms with Gasteiger partial charge in [0.15, 0.2) is 0 Å². The van der Waals surface area contributed by atoms with Gasteiger partial charge in [0.05, 0.1) is 5.38 Å². The molecule has 0 heterocycles. The molecule has 1 aromatic rings. The van der Waals surface area contributed by atoms with Gasteiger partial charge in [-0.25, -0.2) is 4.39 Å². The van der Waals surface area contributed by atoms with E-state index in [2.05, 4.69) is 0 Å². The van der Waals surface area contributed by atoms with Gasteiger partial charge < -0.3 is 0 Å². The molecule has 0 fully saturated rings. The van der Waals surface area contributed by atoms with Crippen LogP contribution in [0.4, 0.5) is 4.39 Å². The molecule has 0 nitrogen and oxygen atoms in total. The summed E-state index contributed by atoms with van der Waals surface area (Å²) in [5, 5.41) is -0.249. The Hall–Kier alpha value is -0.560. The van der Waals surface area contributed by atoms with Crippen molar-refractivity contribution >= 4 is 11.6 Å². The maximum Gasteiger partial charge on any atom is 0.127 e. The van der Waals surface area contributed by atoms with Crippen LogP contribution in [0.1, 0.15) is 17.9 Å². The third kappa shape index (κ3) is 1.48. The van der Waals surface area contributed by atoms with Crippen molar-refractivity contribution in [2.24, 2.45) is 0 Å². The zero-order chi connectivity index (χ0) is 7.56. The van der Waals surface area contributed by atoms with Crippen molar-refractivity contribution < 1.29 is 4.39 Å². The van der Waals surface area contributed by atoms with Crippen molar-refractivity contribution in [1.29, 1.82) is 0 Å². The van der Waals surface area contributed by atoms with Crippen molar-refractivity contribution in [3.8, 4) is 0 Å². The fraction of sp³-hybridized carbons (Fsp3) is 0.250. The van der Waals surface area contributed by atoms with Gasteiger partial charge in [-0.1, -0.05) is 18.2 Å². The SMILES string of the molecule is C[C@H](Cl)c1ccccc1F. The lowest BCUT2D eigenvalue weighted by atomic mass is 10.1. The molecule has 0 bridgehead atoms. The van der Waals surface area contributed by atoms with E-state index in [1.807, 2.05) is 0 Å². The van der Waals surface area contributed by atoms with E-state index in [0.717, 1.165) is 0 Å². The quantitative estimate of drug-likeness (QED) is 0.551. The first-order chi connectivity index (χ1) is 4.72. The van der Waals surface area contributed by atoms with Gasteiger partial charge in [-0.15, -0.1) is 11.6 Å². The lowest BCUT2D eigenvalue weighted by Crippen LogP contribution is -1.88. The minimum absolute atomic E-state index is 0.231. The van der Waals surface area contributed by atoms with E-state index in [9.17, 15) is 4.39 Å². The van der Waals surface area contributed by atoms with E-state index in [4.69, 9.17) is 11.6 Å². The van der Waals surface area contributed by atoms with Crippen LogP contribution < -0.4 is 0 Å². The van der Waals surface area contributed by atoms with Crippen LogP contribution in [0.3, 0.4) is 0 Å². The smallest absolute Gasteiger partial charge is 0.127 e. The van der Waals surface area contributed by atoms with Crippen LogP contribution in [0, 0.1) is 5.82 Å². The fourth-order valence-corrected chi connectivity index (χ4v) is 0.975. The van der Waals surface area contributed by atoms with Crippen molar-refractivity contribution in [2.75, 3.05) is 0 Å². The highest BCUT2D eigenvalue weighted by Crippen LogP contribution is 2.21. The highest BCUT2D eigenvalue weighted by molar-refractivity contribution is 6.20. The van der Waals surface area contributed by atoms with Gasteiger partial charge in [-0.2, -0.15) is 0 Å². The topological polar surface area (TPSA) is 0 Å². The molecule has 0 aliphatic rings. The molecule has 1 atom stereocenters. The van der Waals surface area contributed by atoms with E-state index < -0.39 is 0 Å². The second-order valence-electron chi connectivity index (χ2n) is 2.14. The average Bonchev–Trinajstić information content (AvgIpc) is 1.88. The Morgan fingerprint density at radius 2 is 2.00 bits per heavy atom. The van der Waals surface area contributed by atoms with Gasteiger partial charge in [0.2, 0.25) is 0 Å². The lowest BCUT2D eigenvalue weighted by molar-refractivity contribution is 0.610. The van der Waals surface area contributed by atoms with Gasteiger partial charge in [0, 0.05) is 5.56 Å². The summed E-state index contributed by atoms with van der Waals surface area (Å²) in [5.74, 6) is -0.231. The largest absolute Gasteiger partial charge is 0.207 e. The molecule has 1 rings (SSSR count). The van der Waals surface area contributed by atoms with Gasteiger partial charge in [-0.3, -0.25) is 0 Å². The number of hydrogen-bond donors (Lipinski definition) is 0. The van der Waals surface area contributed by atoms with E-state index in [1.165, 1.54) is 6.07 Å². The summed E-state index contributed by atoms with van der Waals surface area (Å²) in [4.78, 5) is 0. The third-order valence-corrected chi connectivity index (χ3v) is 1.57. The Morgan fingerprint density at radius 1 is 1.40 bits per heavy atom. The molecular formula is C8H8ClF. The van der Waals surface area contributed by atoms with Crippen molar-refractivity contribution in [3.63, 3.8) is 0 Å². The number of halogens is 2. The molecule has 0 amide bonds. The Morgan fingerprint density at radius 3 is 2.40 bits per heavy atom. The Balaban J connectivity index is 3.03. The molecule has 0 saturated carbocycles. The normalized spacial score (nSPS) is 13.1. The molecule has 0 radical (unpaired) electrons. The summed E-state index contributed by atoms with van der Waals surface area (Å²) in [6.45, 7) is 1.75. The predicted molar refractivity (Wildman–Crippen MR) is 40.7 cm³/mol. The first-order valence-electron chi connectivity index (χ1n) is 3.10. The summed E-state index contributed by atoms with van der Waals surface area (Å²) in [6, 6.07) is 6.52. The standard InChI is InChI=1S/C8H8ClF/c1-6(9)7-4-2-3-5-8(7)10/h2-6H,1H3/t6-/m0/s1. The summed E-state index contributed by atoms with van der Waals surface area (Å²) in [7, 11) is 0. The molecule has 0 saturated heterocycles. The first-order valence-corrected chi connectivity index (χ1v) is 3.54. The van der Waals surface area contributed by atoms with Gasteiger partial charge in [0.1, 0.15) is 5.82 Å². The summed E-state index contributed by atoms with van der Waals surface area (Å²) < 4.78 is 12.8. The summed E-state index contributed by atoms with van der Waals surface area (Å²) >= 11 is 5.67.